The lowest BCUT2D eigenvalue weighted by Gasteiger charge is -2.03. The summed E-state index contributed by atoms with van der Waals surface area (Å²) in [4.78, 5) is 12.4. The van der Waals surface area contributed by atoms with E-state index in [1.54, 1.807) is 18.2 Å². The molecule has 0 atom stereocenters. The van der Waals surface area contributed by atoms with Crippen molar-refractivity contribution in [3.8, 4) is 23.0 Å². The number of aromatic nitrogens is 2. The van der Waals surface area contributed by atoms with E-state index in [0.29, 0.717) is 17.1 Å². The highest BCUT2D eigenvalue weighted by molar-refractivity contribution is 7.90. The van der Waals surface area contributed by atoms with Gasteiger partial charge in [-0.1, -0.05) is 11.2 Å². The van der Waals surface area contributed by atoms with E-state index in [0.717, 1.165) is 6.26 Å². The summed E-state index contributed by atoms with van der Waals surface area (Å²) < 4.78 is 39.2. The number of ether oxygens (including phenoxy) is 2. The van der Waals surface area contributed by atoms with Gasteiger partial charge in [-0.15, -0.1) is 5.10 Å². The van der Waals surface area contributed by atoms with E-state index in [1.165, 1.54) is 24.3 Å². The Morgan fingerprint density at radius 1 is 1.07 bits per heavy atom. The fourth-order valence-corrected chi connectivity index (χ4v) is 3.12. The van der Waals surface area contributed by atoms with Gasteiger partial charge in [0.05, 0.1) is 4.90 Å². The Morgan fingerprint density at radius 2 is 1.89 bits per heavy atom. The van der Waals surface area contributed by atoms with Crippen LogP contribution in [0.2, 0.25) is 0 Å². The van der Waals surface area contributed by atoms with Gasteiger partial charge in [-0.25, -0.2) is 8.42 Å². The van der Waals surface area contributed by atoms with Crippen LogP contribution in [0.5, 0.6) is 11.5 Å². The number of carbonyl (C=O) groups excluding carboxylic acids is 1. The predicted molar refractivity (Wildman–Crippen MR) is 93.4 cm³/mol. The Kier molecular flexibility index (Phi) is 4.04. The quantitative estimate of drug-likeness (QED) is 0.723. The number of sulfone groups is 1. The monoisotopic (exact) mass is 387 g/mol. The first kappa shape index (κ1) is 17.0. The lowest BCUT2D eigenvalue weighted by molar-refractivity contribution is 0.102. The van der Waals surface area contributed by atoms with Crippen molar-refractivity contribution in [1.82, 2.24) is 10.2 Å². The summed E-state index contributed by atoms with van der Waals surface area (Å²) in [6.07, 6.45) is 1.07. The van der Waals surface area contributed by atoms with Gasteiger partial charge in [0.15, 0.2) is 21.3 Å². The van der Waals surface area contributed by atoms with Gasteiger partial charge < -0.3 is 13.9 Å². The molecule has 0 spiro atoms. The summed E-state index contributed by atoms with van der Waals surface area (Å²) in [6, 6.07) is 10.7. The molecule has 1 aliphatic rings. The molecule has 138 valence electrons. The third-order valence-corrected chi connectivity index (χ3v) is 4.90. The van der Waals surface area contributed by atoms with E-state index >= 15 is 0 Å². The minimum Gasteiger partial charge on any atom is -0.454 e. The van der Waals surface area contributed by atoms with E-state index in [4.69, 9.17) is 13.9 Å². The van der Waals surface area contributed by atoms with E-state index in [2.05, 4.69) is 15.5 Å². The molecule has 10 heteroatoms. The Labute approximate surface area is 153 Å². The lowest BCUT2D eigenvalue weighted by atomic mass is 10.2. The topological polar surface area (TPSA) is 121 Å². The summed E-state index contributed by atoms with van der Waals surface area (Å²) in [6.45, 7) is 0.149. The fourth-order valence-electron chi connectivity index (χ4n) is 2.46. The number of nitrogens with one attached hydrogen (secondary N) is 1. The van der Waals surface area contributed by atoms with Crippen LogP contribution in [0.1, 0.15) is 10.4 Å². The third kappa shape index (κ3) is 3.47. The van der Waals surface area contributed by atoms with Gasteiger partial charge in [-0.05, 0) is 36.4 Å². The van der Waals surface area contributed by atoms with Gasteiger partial charge in [0.25, 0.3) is 5.91 Å². The van der Waals surface area contributed by atoms with E-state index in [-0.39, 0.29) is 29.2 Å². The van der Waals surface area contributed by atoms with Gasteiger partial charge in [0, 0.05) is 17.4 Å². The summed E-state index contributed by atoms with van der Waals surface area (Å²) in [7, 11) is -3.42. The molecule has 0 radical (unpaired) electrons. The Balaban J connectivity index is 1.54. The normalized spacial score (nSPS) is 12.8. The van der Waals surface area contributed by atoms with Crippen molar-refractivity contribution >= 4 is 21.8 Å². The molecule has 0 fully saturated rings. The molecule has 2 heterocycles. The second-order valence-corrected chi connectivity index (χ2v) is 7.75. The molecule has 0 saturated heterocycles. The van der Waals surface area contributed by atoms with Crippen LogP contribution in [0.4, 0.5) is 6.01 Å². The number of rotatable bonds is 4. The van der Waals surface area contributed by atoms with Crippen molar-refractivity contribution in [1.29, 1.82) is 0 Å². The minimum atomic E-state index is -3.42. The Bertz CT molecular complexity index is 1140. The van der Waals surface area contributed by atoms with Gasteiger partial charge in [0.1, 0.15) is 0 Å². The number of benzene rings is 2. The standard InChI is InChI=1S/C17H13N3O6S/c1-27(22,23)12-4-2-3-10(7-12)15(21)18-17-20-19-16(26-17)11-5-6-13-14(8-11)25-9-24-13/h2-8H,9H2,1H3,(H,18,20,21). The zero-order valence-electron chi connectivity index (χ0n) is 14.0. The first-order valence-electron chi connectivity index (χ1n) is 7.75. The molecule has 4 rings (SSSR count). The van der Waals surface area contributed by atoms with Gasteiger partial charge in [-0.2, -0.15) is 0 Å². The SMILES string of the molecule is CS(=O)(=O)c1cccc(C(=O)Nc2nnc(-c3ccc4c(c3)OCO4)o2)c1. The first-order valence-corrected chi connectivity index (χ1v) is 9.64. The molecule has 1 aromatic heterocycles. The van der Waals surface area contributed by atoms with Crippen molar-refractivity contribution in [3.05, 3.63) is 48.0 Å². The molecule has 0 bridgehead atoms. The molecule has 27 heavy (non-hydrogen) atoms. The van der Waals surface area contributed by atoms with Gasteiger partial charge in [0.2, 0.25) is 12.7 Å². The van der Waals surface area contributed by atoms with Crippen LogP contribution < -0.4 is 14.8 Å². The largest absolute Gasteiger partial charge is 0.454 e. The van der Waals surface area contributed by atoms with Crippen LogP contribution in [0.15, 0.2) is 51.8 Å². The van der Waals surface area contributed by atoms with Gasteiger partial charge in [-0.3, -0.25) is 10.1 Å². The van der Waals surface area contributed by atoms with E-state index in [9.17, 15) is 13.2 Å². The highest BCUT2D eigenvalue weighted by Crippen LogP contribution is 2.35. The zero-order valence-corrected chi connectivity index (χ0v) is 14.8. The van der Waals surface area contributed by atoms with E-state index < -0.39 is 15.7 Å². The lowest BCUT2D eigenvalue weighted by Crippen LogP contribution is -2.13. The van der Waals surface area contributed by atoms with Crippen LogP contribution in [0.3, 0.4) is 0 Å². The number of nitrogens with zero attached hydrogens (tertiary/aromatic N) is 2. The molecule has 0 unspecified atom stereocenters. The molecule has 1 aliphatic heterocycles. The van der Waals surface area contributed by atoms with E-state index in [1.807, 2.05) is 0 Å². The van der Waals surface area contributed by atoms with Crippen LogP contribution in [-0.4, -0.2) is 37.6 Å². The summed E-state index contributed by atoms with van der Waals surface area (Å²) in [5.74, 6) is 0.807. The third-order valence-electron chi connectivity index (χ3n) is 3.79. The molecule has 1 N–H and O–H groups in total. The average molecular weight is 387 g/mol. The smallest absolute Gasteiger partial charge is 0.322 e. The Hall–Kier alpha value is -3.40. The number of fused-ring (bicyclic) bond motifs is 1. The second-order valence-electron chi connectivity index (χ2n) is 5.73. The molecule has 1 amide bonds. The van der Waals surface area contributed by atoms with Crippen LogP contribution >= 0.6 is 0 Å². The maximum atomic E-state index is 12.3. The number of amides is 1. The molecular formula is C17H13N3O6S. The molecule has 2 aromatic carbocycles. The fraction of sp³-hybridized carbons (Fsp3) is 0.118. The van der Waals surface area contributed by atoms with Crippen molar-refractivity contribution < 1.29 is 27.1 Å². The zero-order chi connectivity index (χ0) is 19.0. The molecule has 0 saturated carbocycles. The number of hydrogen-bond donors (Lipinski definition) is 1. The molecule has 9 nitrogen and oxygen atoms in total. The Morgan fingerprint density at radius 3 is 2.70 bits per heavy atom. The molecular weight excluding hydrogens is 374 g/mol. The average Bonchev–Trinajstić information content (AvgIpc) is 3.29. The predicted octanol–water partition coefficient (Wildman–Crippen LogP) is 2.12. The highest BCUT2D eigenvalue weighted by Gasteiger charge is 2.18. The number of hydrogen-bond acceptors (Lipinski definition) is 8. The second kappa shape index (κ2) is 6.40. The highest BCUT2D eigenvalue weighted by atomic mass is 32.2. The maximum Gasteiger partial charge on any atom is 0.322 e. The van der Waals surface area contributed by atoms with Crippen LogP contribution in [0, 0.1) is 0 Å². The number of carbonyl (C=O) groups is 1. The molecule has 0 aliphatic carbocycles. The minimum absolute atomic E-state index is 0.0433. The van der Waals surface area contributed by atoms with Gasteiger partial charge >= 0.3 is 6.01 Å². The van der Waals surface area contributed by atoms with Crippen molar-refractivity contribution in [2.45, 2.75) is 4.90 Å². The number of anilines is 1. The summed E-state index contributed by atoms with van der Waals surface area (Å²) in [5, 5.41) is 10.1. The molecule has 3 aromatic rings. The van der Waals surface area contributed by atoms with Crippen molar-refractivity contribution in [3.63, 3.8) is 0 Å². The van der Waals surface area contributed by atoms with Crippen LogP contribution in [0.25, 0.3) is 11.5 Å². The summed E-state index contributed by atoms with van der Waals surface area (Å²) >= 11 is 0. The van der Waals surface area contributed by atoms with Crippen molar-refractivity contribution in [2.75, 3.05) is 18.4 Å². The first-order chi connectivity index (χ1) is 12.9. The van der Waals surface area contributed by atoms with Crippen LogP contribution in [-0.2, 0) is 9.84 Å². The van der Waals surface area contributed by atoms with Crippen molar-refractivity contribution in [2.24, 2.45) is 0 Å². The maximum absolute atomic E-state index is 12.3. The summed E-state index contributed by atoms with van der Waals surface area (Å²) in [5.41, 5.74) is 0.757.